The van der Waals surface area contributed by atoms with E-state index in [1.54, 1.807) is 4.90 Å². The van der Waals surface area contributed by atoms with Crippen LogP contribution in [0.25, 0.3) is 0 Å². The minimum absolute atomic E-state index is 0.0120. The van der Waals surface area contributed by atoms with Crippen molar-refractivity contribution >= 4 is 17.9 Å². The van der Waals surface area contributed by atoms with Gasteiger partial charge in [0.05, 0.1) is 17.9 Å². The Balaban J connectivity index is 1.59. The number of carboxylic acids is 1. The summed E-state index contributed by atoms with van der Waals surface area (Å²) in [5.41, 5.74) is -0.593. The lowest BCUT2D eigenvalue weighted by Gasteiger charge is -2.37. The number of aliphatic carboxylic acids is 1. The van der Waals surface area contributed by atoms with Crippen molar-refractivity contribution in [3.05, 3.63) is 0 Å². The van der Waals surface area contributed by atoms with Gasteiger partial charge in [-0.2, -0.15) is 0 Å². The van der Waals surface area contributed by atoms with E-state index < -0.39 is 11.5 Å². The number of likely N-dealkylation sites (tertiary alicyclic amines) is 2. The standard InChI is InChI=1S/C18H29N3O4/c22-15(23)12-18(7-1-2-8-18)19-16(24)14-6-5-11-21(13-14)17(25)20-9-3-4-10-20/h14H,1-13H2,(H,19,24)(H,22,23). The van der Waals surface area contributed by atoms with Crippen molar-refractivity contribution < 1.29 is 19.5 Å². The van der Waals surface area contributed by atoms with E-state index in [9.17, 15) is 19.5 Å². The lowest BCUT2D eigenvalue weighted by molar-refractivity contribution is -0.139. The number of piperidine rings is 1. The SMILES string of the molecule is O=C(O)CC1(NC(=O)C2CCCN(C(=O)N3CCCC3)C2)CCCC1. The largest absolute Gasteiger partial charge is 0.481 e. The highest BCUT2D eigenvalue weighted by Crippen LogP contribution is 2.33. The molecule has 3 rings (SSSR count). The van der Waals surface area contributed by atoms with Gasteiger partial charge in [0, 0.05) is 26.2 Å². The van der Waals surface area contributed by atoms with Gasteiger partial charge in [-0.1, -0.05) is 12.8 Å². The predicted molar refractivity (Wildman–Crippen MR) is 92.1 cm³/mol. The third kappa shape index (κ3) is 4.25. The number of nitrogens with zero attached hydrogens (tertiary/aromatic N) is 2. The zero-order chi connectivity index (χ0) is 17.9. The van der Waals surface area contributed by atoms with Crippen LogP contribution in [0.4, 0.5) is 4.79 Å². The Morgan fingerprint density at radius 3 is 2.24 bits per heavy atom. The first-order chi connectivity index (χ1) is 12.0. The van der Waals surface area contributed by atoms with Crippen molar-refractivity contribution in [2.24, 2.45) is 5.92 Å². The van der Waals surface area contributed by atoms with Crippen molar-refractivity contribution in [2.75, 3.05) is 26.2 Å². The third-order valence-corrected chi connectivity index (χ3v) is 5.88. The maximum atomic E-state index is 12.8. The number of carbonyl (C=O) groups excluding carboxylic acids is 2. The van der Waals surface area contributed by atoms with Crippen LogP contribution in [0.2, 0.25) is 0 Å². The van der Waals surface area contributed by atoms with E-state index >= 15 is 0 Å². The number of carbonyl (C=O) groups is 3. The van der Waals surface area contributed by atoms with Gasteiger partial charge in [0.15, 0.2) is 0 Å². The van der Waals surface area contributed by atoms with Crippen LogP contribution < -0.4 is 5.32 Å². The Hall–Kier alpha value is -1.79. The molecule has 2 N–H and O–H groups in total. The Morgan fingerprint density at radius 2 is 1.60 bits per heavy atom. The number of carboxylic acid groups (broad SMARTS) is 1. The maximum Gasteiger partial charge on any atom is 0.320 e. The van der Waals surface area contributed by atoms with Crippen molar-refractivity contribution in [1.82, 2.24) is 15.1 Å². The van der Waals surface area contributed by atoms with Gasteiger partial charge >= 0.3 is 12.0 Å². The number of nitrogens with one attached hydrogen (secondary N) is 1. The van der Waals surface area contributed by atoms with Crippen molar-refractivity contribution in [2.45, 2.75) is 63.3 Å². The zero-order valence-corrected chi connectivity index (χ0v) is 14.8. The van der Waals surface area contributed by atoms with E-state index in [0.29, 0.717) is 13.1 Å². The molecule has 0 spiro atoms. The second kappa shape index (κ2) is 7.62. The second-order valence-electron chi connectivity index (χ2n) is 7.81. The van der Waals surface area contributed by atoms with Gasteiger partial charge in [-0.25, -0.2) is 4.79 Å². The molecule has 7 nitrogen and oxygen atoms in total. The molecule has 1 unspecified atom stereocenters. The molecule has 2 saturated heterocycles. The van der Waals surface area contributed by atoms with E-state index in [1.807, 2.05) is 4.90 Å². The lowest BCUT2D eigenvalue weighted by Crippen LogP contribution is -2.54. The molecule has 3 aliphatic rings. The topological polar surface area (TPSA) is 90.0 Å². The summed E-state index contributed by atoms with van der Waals surface area (Å²) in [5, 5.41) is 12.2. The number of amides is 3. The molecule has 3 fully saturated rings. The fourth-order valence-corrected chi connectivity index (χ4v) is 4.52. The summed E-state index contributed by atoms with van der Waals surface area (Å²) in [6, 6.07) is 0.0520. The molecule has 25 heavy (non-hydrogen) atoms. The fraction of sp³-hybridized carbons (Fsp3) is 0.833. The Morgan fingerprint density at radius 1 is 0.960 bits per heavy atom. The fourth-order valence-electron chi connectivity index (χ4n) is 4.52. The molecule has 0 radical (unpaired) electrons. The molecule has 0 aromatic carbocycles. The monoisotopic (exact) mass is 351 g/mol. The van der Waals surface area contributed by atoms with Gasteiger partial charge in [-0.15, -0.1) is 0 Å². The molecule has 140 valence electrons. The summed E-state index contributed by atoms with van der Waals surface area (Å²) in [6.07, 6.45) is 7.06. The molecule has 1 saturated carbocycles. The Kier molecular flexibility index (Phi) is 5.49. The summed E-state index contributed by atoms with van der Waals surface area (Å²) >= 11 is 0. The van der Waals surface area contributed by atoms with Gasteiger partial charge in [-0.05, 0) is 38.5 Å². The summed E-state index contributed by atoms with van der Waals surface area (Å²) in [4.78, 5) is 40.2. The molecule has 7 heteroatoms. The molecule has 0 aromatic heterocycles. The number of urea groups is 1. The molecule has 2 aliphatic heterocycles. The molecule has 1 aliphatic carbocycles. The highest BCUT2D eigenvalue weighted by Gasteiger charge is 2.40. The molecule has 0 aromatic rings. The highest BCUT2D eigenvalue weighted by molar-refractivity contribution is 5.82. The molecular formula is C18H29N3O4. The second-order valence-corrected chi connectivity index (χ2v) is 7.81. The van der Waals surface area contributed by atoms with Crippen molar-refractivity contribution in [3.8, 4) is 0 Å². The zero-order valence-electron chi connectivity index (χ0n) is 14.8. The predicted octanol–water partition coefficient (Wildman–Crippen LogP) is 1.82. The van der Waals surface area contributed by atoms with E-state index in [-0.39, 0.29) is 24.3 Å². The van der Waals surface area contributed by atoms with Gasteiger partial charge < -0.3 is 20.2 Å². The molecule has 0 bridgehead atoms. The molecule has 1 atom stereocenters. The van der Waals surface area contributed by atoms with Gasteiger partial charge in [-0.3, -0.25) is 9.59 Å². The van der Waals surface area contributed by atoms with E-state index in [4.69, 9.17) is 0 Å². The van der Waals surface area contributed by atoms with Crippen LogP contribution in [0.5, 0.6) is 0 Å². The van der Waals surface area contributed by atoms with Gasteiger partial charge in [0.25, 0.3) is 0 Å². The summed E-state index contributed by atoms with van der Waals surface area (Å²) in [5.74, 6) is -1.18. The van der Waals surface area contributed by atoms with Crippen LogP contribution in [0.3, 0.4) is 0 Å². The summed E-state index contributed by atoms with van der Waals surface area (Å²) < 4.78 is 0. The van der Waals surface area contributed by atoms with Crippen LogP contribution in [0.1, 0.15) is 57.8 Å². The Labute approximate surface area is 148 Å². The van der Waals surface area contributed by atoms with E-state index in [0.717, 1.165) is 64.5 Å². The molecular weight excluding hydrogens is 322 g/mol. The summed E-state index contributed by atoms with van der Waals surface area (Å²) in [7, 11) is 0. The normalized spacial score (nSPS) is 25.8. The first kappa shape index (κ1) is 18.0. The lowest BCUT2D eigenvalue weighted by atomic mass is 9.90. The van der Waals surface area contributed by atoms with Gasteiger partial charge in [0.2, 0.25) is 5.91 Å². The van der Waals surface area contributed by atoms with E-state index in [1.165, 1.54) is 0 Å². The smallest absolute Gasteiger partial charge is 0.320 e. The quantitative estimate of drug-likeness (QED) is 0.808. The number of hydrogen-bond donors (Lipinski definition) is 2. The molecule has 2 heterocycles. The molecule has 3 amide bonds. The van der Waals surface area contributed by atoms with Gasteiger partial charge in [0.1, 0.15) is 0 Å². The minimum atomic E-state index is -0.864. The average Bonchev–Trinajstić information content (AvgIpc) is 3.26. The van der Waals surface area contributed by atoms with Crippen LogP contribution >= 0.6 is 0 Å². The maximum absolute atomic E-state index is 12.8. The summed E-state index contributed by atoms with van der Waals surface area (Å²) in [6.45, 7) is 2.78. The van der Waals surface area contributed by atoms with Crippen LogP contribution in [0.15, 0.2) is 0 Å². The van der Waals surface area contributed by atoms with Crippen LogP contribution in [0, 0.1) is 5.92 Å². The average molecular weight is 351 g/mol. The number of rotatable bonds is 4. The Bertz CT molecular complexity index is 524. The minimum Gasteiger partial charge on any atom is -0.481 e. The first-order valence-corrected chi connectivity index (χ1v) is 9.57. The first-order valence-electron chi connectivity index (χ1n) is 9.57. The van der Waals surface area contributed by atoms with E-state index in [2.05, 4.69) is 5.32 Å². The van der Waals surface area contributed by atoms with Crippen LogP contribution in [-0.2, 0) is 9.59 Å². The third-order valence-electron chi connectivity index (χ3n) is 5.88. The van der Waals surface area contributed by atoms with Crippen molar-refractivity contribution in [3.63, 3.8) is 0 Å². The highest BCUT2D eigenvalue weighted by atomic mass is 16.4. The number of hydrogen-bond acceptors (Lipinski definition) is 3. The van der Waals surface area contributed by atoms with Crippen molar-refractivity contribution in [1.29, 1.82) is 0 Å². The van der Waals surface area contributed by atoms with Crippen LogP contribution in [-0.4, -0.2) is 64.5 Å².